The largest absolute Gasteiger partial charge is 0.461 e. The molecule has 2 aromatic heterocycles. The fourth-order valence-electron chi connectivity index (χ4n) is 3.18. The van der Waals surface area contributed by atoms with E-state index in [0.29, 0.717) is 23.7 Å². The second-order valence-corrected chi connectivity index (χ2v) is 6.35. The van der Waals surface area contributed by atoms with Crippen LogP contribution in [0.25, 0.3) is 0 Å². The Morgan fingerprint density at radius 1 is 1.37 bits per heavy atom. The lowest BCUT2D eigenvalue weighted by Gasteiger charge is -2.23. The van der Waals surface area contributed by atoms with Crippen LogP contribution in [0, 0.1) is 6.92 Å². The zero-order chi connectivity index (χ0) is 18.7. The molecule has 0 bridgehead atoms. The summed E-state index contributed by atoms with van der Waals surface area (Å²) in [5, 5.41) is 14.3. The summed E-state index contributed by atoms with van der Waals surface area (Å²) in [7, 11) is 1.72. The van der Waals surface area contributed by atoms with Crippen LogP contribution in [-0.4, -0.2) is 51.1 Å². The third-order valence-electron chi connectivity index (χ3n) is 4.54. The van der Waals surface area contributed by atoms with E-state index in [1.807, 2.05) is 11.6 Å². The molecule has 3 heterocycles. The van der Waals surface area contributed by atoms with Crippen molar-refractivity contribution in [1.82, 2.24) is 24.9 Å². The van der Waals surface area contributed by atoms with E-state index in [-0.39, 0.29) is 24.4 Å². The Labute approximate surface area is 163 Å². The van der Waals surface area contributed by atoms with E-state index in [1.165, 1.54) is 0 Å². The van der Waals surface area contributed by atoms with Crippen LogP contribution in [0.2, 0.25) is 0 Å². The molecule has 0 radical (unpaired) electrons. The van der Waals surface area contributed by atoms with E-state index < -0.39 is 5.97 Å². The zero-order valence-electron chi connectivity index (χ0n) is 15.7. The van der Waals surface area contributed by atoms with Gasteiger partial charge in [0.25, 0.3) is 5.91 Å². The van der Waals surface area contributed by atoms with E-state index in [1.54, 1.807) is 30.8 Å². The summed E-state index contributed by atoms with van der Waals surface area (Å²) in [6.07, 6.45) is 3.59. The molecule has 0 aromatic carbocycles. The number of aryl methyl sites for hydroxylation is 1. The summed E-state index contributed by atoms with van der Waals surface area (Å²) in [4.78, 5) is 24.5. The smallest absolute Gasteiger partial charge is 0.355 e. The van der Waals surface area contributed by atoms with Gasteiger partial charge in [-0.05, 0) is 45.8 Å². The molecule has 0 atom stereocenters. The summed E-state index contributed by atoms with van der Waals surface area (Å²) in [5.41, 5.74) is 1.93. The van der Waals surface area contributed by atoms with Crippen molar-refractivity contribution in [3.8, 4) is 0 Å². The molecule has 0 aliphatic carbocycles. The number of aromatic nitrogens is 4. The molecule has 9 nitrogen and oxygen atoms in total. The van der Waals surface area contributed by atoms with Crippen molar-refractivity contribution in [2.24, 2.45) is 7.05 Å². The number of hydrogen-bond acceptors (Lipinski definition) is 6. The van der Waals surface area contributed by atoms with Gasteiger partial charge in [0, 0.05) is 13.2 Å². The maximum atomic E-state index is 12.6. The van der Waals surface area contributed by atoms with E-state index in [2.05, 4.69) is 20.9 Å². The van der Waals surface area contributed by atoms with Crippen LogP contribution in [-0.2, 0) is 11.8 Å². The number of amides is 1. The SMILES string of the molecule is CCOC(=O)c1cc(NC(=O)c2nnn(C3CCNCC3)c2C)cn1C.Cl. The first-order valence-corrected chi connectivity index (χ1v) is 8.78. The van der Waals surface area contributed by atoms with Gasteiger partial charge in [0.1, 0.15) is 5.69 Å². The van der Waals surface area contributed by atoms with Gasteiger partial charge < -0.3 is 19.9 Å². The van der Waals surface area contributed by atoms with Crippen LogP contribution in [0.5, 0.6) is 0 Å². The van der Waals surface area contributed by atoms with Gasteiger partial charge >= 0.3 is 5.97 Å². The number of esters is 1. The molecule has 1 saturated heterocycles. The maximum absolute atomic E-state index is 12.6. The first kappa shape index (κ1) is 20.9. The first-order valence-electron chi connectivity index (χ1n) is 8.78. The van der Waals surface area contributed by atoms with E-state index >= 15 is 0 Å². The van der Waals surface area contributed by atoms with Gasteiger partial charge in [-0.1, -0.05) is 5.21 Å². The highest BCUT2D eigenvalue weighted by Crippen LogP contribution is 2.21. The van der Waals surface area contributed by atoms with Crippen molar-refractivity contribution < 1.29 is 14.3 Å². The topological polar surface area (TPSA) is 103 Å². The molecular formula is C17H25ClN6O3. The lowest BCUT2D eigenvalue weighted by atomic mass is 10.1. The minimum atomic E-state index is -0.427. The van der Waals surface area contributed by atoms with Crippen LogP contribution in [0.3, 0.4) is 0 Å². The highest BCUT2D eigenvalue weighted by molar-refractivity contribution is 6.04. The number of hydrogen-bond donors (Lipinski definition) is 2. The summed E-state index contributed by atoms with van der Waals surface area (Å²) in [5.74, 6) is -0.771. The molecule has 1 aliphatic heterocycles. The molecule has 148 valence electrons. The summed E-state index contributed by atoms with van der Waals surface area (Å²) >= 11 is 0. The number of nitrogens with one attached hydrogen (secondary N) is 2. The molecule has 2 aromatic rings. The summed E-state index contributed by atoms with van der Waals surface area (Å²) in [6.45, 7) is 5.77. The quantitative estimate of drug-likeness (QED) is 0.745. The average Bonchev–Trinajstić information content (AvgIpc) is 3.18. The number of carbonyl (C=O) groups is 2. The molecule has 2 N–H and O–H groups in total. The molecule has 10 heteroatoms. The Balaban J connectivity index is 0.00000261. The normalized spacial score (nSPS) is 14.5. The van der Waals surface area contributed by atoms with Crippen molar-refractivity contribution in [1.29, 1.82) is 0 Å². The summed E-state index contributed by atoms with van der Waals surface area (Å²) < 4.78 is 8.45. The monoisotopic (exact) mass is 396 g/mol. The van der Waals surface area contributed by atoms with Crippen molar-refractivity contribution in [2.45, 2.75) is 32.7 Å². The standard InChI is InChI=1S/C17H24N6O3.ClH/c1-4-26-17(25)14-9-12(10-22(14)3)19-16(24)15-11(2)23(21-20-15)13-5-7-18-8-6-13;/h9-10,13,18H,4-8H2,1-3H3,(H,19,24);1H. The summed E-state index contributed by atoms with van der Waals surface area (Å²) in [6, 6.07) is 1.85. The van der Waals surface area contributed by atoms with Crippen molar-refractivity contribution in [3.63, 3.8) is 0 Å². The number of carbonyl (C=O) groups excluding carboxylic acids is 2. The second-order valence-electron chi connectivity index (χ2n) is 6.35. The van der Waals surface area contributed by atoms with E-state index in [0.717, 1.165) is 31.6 Å². The molecule has 1 aliphatic rings. The molecular weight excluding hydrogens is 372 g/mol. The first-order chi connectivity index (χ1) is 12.5. The second kappa shape index (κ2) is 9.01. The Kier molecular flexibility index (Phi) is 6.98. The van der Waals surface area contributed by atoms with Crippen molar-refractivity contribution in [3.05, 3.63) is 29.3 Å². The van der Waals surface area contributed by atoms with Crippen LogP contribution in [0.4, 0.5) is 5.69 Å². The number of nitrogens with zero attached hydrogens (tertiary/aromatic N) is 4. The van der Waals surface area contributed by atoms with Crippen molar-refractivity contribution in [2.75, 3.05) is 25.0 Å². The Bertz CT molecular complexity index is 810. The van der Waals surface area contributed by atoms with Crippen LogP contribution in [0.15, 0.2) is 12.3 Å². The van der Waals surface area contributed by atoms with Gasteiger partial charge in [-0.25, -0.2) is 9.48 Å². The molecule has 3 rings (SSSR count). The molecule has 27 heavy (non-hydrogen) atoms. The average molecular weight is 397 g/mol. The molecule has 1 amide bonds. The molecule has 0 spiro atoms. The van der Waals surface area contributed by atoms with Gasteiger partial charge in [-0.3, -0.25) is 4.79 Å². The number of ether oxygens (including phenoxy) is 1. The van der Waals surface area contributed by atoms with E-state index in [4.69, 9.17) is 4.74 Å². The molecule has 0 saturated carbocycles. The van der Waals surface area contributed by atoms with Gasteiger partial charge in [0.15, 0.2) is 5.69 Å². The molecule has 1 fully saturated rings. The Hall–Kier alpha value is -2.39. The molecule has 0 unspecified atom stereocenters. The number of rotatable bonds is 5. The number of piperidine rings is 1. The van der Waals surface area contributed by atoms with Gasteiger partial charge in [0.2, 0.25) is 0 Å². The Morgan fingerprint density at radius 2 is 2.07 bits per heavy atom. The predicted molar refractivity (Wildman–Crippen MR) is 102 cm³/mol. The number of halogens is 1. The Morgan fingerprint density at radius 3 is 2.74 bits per heavy atom. The predicted octanol–water partition coefficient (Wildman–Crippen LogP) is 1.70. The minimum absolute atomic E-state index is 0. The highest BCUT2D eigenvalue weighted by Gasteiger charge is 2.23. The van der Waals surface area contributed by atoms with Crippen LogP contribution in [0.1, 0.15) is 52.5 Å². The van der Waals surface area contributed by atoms with E-state index in [9.17, 15) is 9.59 Å². The van der Waals surface area contributed by atoms with Crippen LogP contribution < -0.4 is 10.6 Å². The minimum Gasteiger partial charge on any atom is -0.461 e. The lowest BCUT2D eigenvalue weighted by Crippen LogP contribution is -2.30. The maximum Gasteiger partial charge on any atom is 0.355 e. The van der Waals surface area contributed by atoms with Crippen LogP contribution >= 0.6 is 12.4 Å². The fraction of sp³-hybridized carbons (Fsp3) is 0.529. The highest BCUT2D eigenvalue weighted by atomic mass is 35.5. The third-order valence-corrected chi connectivity index (χ3v) is 4.54. The van der Waals surface area contributed by atoms with Gasteiger partial charge in [-0.15, -0.1) is 17.5 Å². The third kappa shape index (κ3) is 4.48. The number of anilines is 1. The van der Waals surface area contributed by atoms with Gasteiger partial charge in [0.05, 0.1) is 24.0 Å². The fourth-order valence-corrected chi connectivity index (χ4v) is 3.18. The lowest BCUT2D eigenvalue weighted by molar-refractivity contribution is 0.0515. The van der Waals surface area contributed by atoms with Gasteiger partial charge in [-0.2, -0.15) is 0 Å². The van der Waals surface area contributed by atoms with Crippen molar-refractivity contribution >= 4 is 30.0 Å². The zero-order valence-corrected chi connectivity index (χ0v) is 16.5.